The van der Waals surface area contributed by atoms with E-state index >= 15 is 0 Å². The summed E-state index contributed by atoms with van der Waals surface area (Å²) >= 11 is 0. The number of rotatable bonds is 6. The highest BCUT2D eigenvalue weighted by atomic mass is 19.4. The Morgan fingerprint density at radius 3 is 2.80 bits per heavy atom. The van der Waals surface area contributed by atoms with Crippen LogP contribution in [-0.2, 0) is 11.2 Å². The van der Waals surface area contributed by atoms with Crippen LogP contribution in [0.5, 0.6) is 5.75 Å². The van der Waals surface area contributed by atoms with Crippen molar-refractivity contribution in [3.8, 4) is 5.75 Å². The van der Waals surface area contributed by atoms with Gasteiger partial charge in [-0.1, -0.05) is 6.07 Å². The van der Waals surface area contributed by atoms with Crippen molar-refractivity contribution >= 4 is 0 Å². The van der Waals surface area contributed by atoms with Gasteiger partial charge in [0.2, 0.25) is 0 Å². The van der Waals surface area contributed by atoms with Crippen LogP contribution in [0.25, 0.3) is 0 Å². The highest BCUT2D eigenvalue weighted by Gasteiger charge is 2.27. The van der Waals surface area contributed by atoms with E-state index < -0.39 is 12.8 Å². The van der Waals surface area contributed by atoms with Gasteiger partial charge in [-0.2, -0.15) is 13.2 Å². The molecule has 112 valence electrons. The maximum atomic E-state index is 11.9. The lowest BCUT2D eigenvalue weighted by atomic mass is 10.1. The number of nitrogens with one attached hydrogen (secondary N) is 1. The van der Waals surface area contributed by atoms with E-state index in [1.54, 1.807) is 0 Å². The maximum Gasteiger partial charge on any atom is 0.411 e. The first-order chi connectivity index (χ1) is 9.49. The number of halogens is 3. The van der Waals surface area contributed by atoms with Crippen LogP contribution in [0.4, 0.5) is 13.2 Å². The molecule has 0 saturated heterocycles. The molecule has 1 aliphatic rings. The summed E-state index contributed by atoms with van der Waals surface area (Å²) in [7, 11) is 1.93. The number of ether oxygens (including phenoxy) is 2. The zero-order valence-corrected chi connectivity index (χ0v) is 11.3. The van der Waals surface area contributed by atoms with Crippen molar-refractivity contribution in [2.45, 2.75) is 25.1 Å². The molecule has 3 nitrogen and oxygen atoms in total. The average molecular weight is 289 g/mol. The summed E-state index contributed by atoms with van der Waals surface area (Å²) in [4.78, 5) is 0. The molecule has 1 N–H and O–H groups in total. The number of aryl methyl sites for hydroxylation is 1. The van der Waals surface area contributed by atoms with Gasteiger partial charge in [-0.15, -0.1) is 0 Å². The molecular weight excluding hydrogens is 271 g/mol. The van der Waals surface area contributed by atoms with E-state index in [1.165, 1.54) is 11.1 Å². The molecule has 1 atom stereocenters. The predicted octanol–water partition coefficient (Wildman–Crippen LogP) is 2.85. The Balaban J connectivity index is 1.78. The Kier molecular flexibility index (Phi) is 4.88. The van der Waals surface area contributed by atoms with Crippen LogP contribution in [0.2, 0.25) is 0 Å². The molecule has 0 radical (unpaired) electrons. The number of benzene rings is 1. The van der Waals surface area contributed by atoms with E-state index in [1.807, 2.05) is 25.2 Å². The van der Waals surface area contributed by atoms with Gasteiger partial charge in [0.15, 0.2) is 0 Å². The highest BCUT2D eigenvalue weighted by Crippen LogP contribution is 2.33. The lowest BCUT2D eigenvalue weighted by Crippen LogP contribution is -2.19. The fraction of sp³-hybridized carbons (Fsp3) is 0.571. The molecule has 2 rings (SSSR count). The van der Waals surface area contributed by atoms with Gasteiger partial charge in [0.25, 0.3) is 0 Å². The van der Waals surface area contributed by atoms with Crippen LogP contribution >= 0.6 is 0 Å². The number of alkyl halides is 3. The molecule has 1 aromatic carbocycles. The fourth-order valence-electron chi connectivity index (χ4n) is 2.39. The van der Waals surface area contributed by atoms with Crippen LogP contribution in [0, 0.1) is 0 Å². The molecule has 1 aliphatic carbocycles. The molecule has 20 heavy (non-hydrogen) atoms. The molecule has 0 saturated carbocycles. The average Bonchev–Trinajstić information content (AvgIpc) is 2.79. The van der Waals surface area contributed by atoms with Gasteiger partial charge < -0.3 is 14.8 Å². The lowest BCUT2D eigenvalue weighted by Gasteiger charge is -2.12. The van der Waals surface area contributed by atoms with Crippen LogP contribution in [-0.4, -0.2) is 33.0 Å². The first-order valence-electron chi connectivity index (χ1n) is 6.57. The molecule has 6 heteroatoms. The monoisotopic (exact) mass is 289 g/mol. The van der Waals surface area contributed by atoms with E-state index in [9.17, 15) is 13.2 Å². The summed E-state index contributed by atoms with van der Waals surface area (Å²) in [5.41, 5.74) is 2.51. The zero-order chi connectivity index (χ0) is 14.6. The molecule has 0 fully saturated rings. The Morgan fingerprint density at radius 1 is 1.30 bits per heavy atom. The minimum absolute atomic E-state index is 0.0737. The summed E-state index contributed by atoms with van der Waals surface area (Å²) in [5, 5.41) is 3.25. The van der Waals surface area contributed by atoms with Crippen molar-refractivity contribution < 1.29 is 22.6 Å². The topological polar surface area (TPSA) is 30.5 Å². The Bertz CT molecular complexity index is 449. The van der Waals surface area contributed by atoms with E-state index in [-0.39, 0.29) is 13.2 Å². The third-order valence-electron chi connectivity index (χ3n) is 3.30. The predicted molar refractivity (Wildman–Crippen MR) is 68.9 cm³/mol. The first kappa shape index (κ1) is 15.1. The van der Waals surface area contributed by atoms with Crippen molar-refractivity contribution in [1.29, 1.82) is 0 Å². The minimum Gasteiger partial charge on any atom is -0.491 e. The van der Waals surface area contributed by atoms with E-state index in [2.05, 4.69) is 10.1 Å². The number of fused-ring (bicyclic) bond motifs is 1. The molecule has 1 unspecified atom stereocenters. The van der Waals surface area contributed by atoms with E-state index in [0.29, 0.717) is 11.8 Å². The van der Waals surface area contributed by atoms with Crippen LogP contribution in [0.3, 0.4) is 0 Å². The number of hydrogen-bond donors (Lipinski definition) is 1. The summed E-state index contributed by atoms with van der Waals surface area (Å²) < 4.78 is 45.5. The summed E-state index contributed by atoms with van der Waals surface area (Å²) in [6.45, 7) is -1.19. The third-order valence-corrected chi connectivity index (χ3v) is 3.30. The molecule has 0 spiro atoms. The van der Waals surface area contributed by atoms with Crippen molar-refractivity contribution in [3.63, 3.8) is 0 Å². The standard InChI is InChI=1S/C14H18F3NO2/c1-18-13-5-2-10-8-11(3-4-12(10)13)20-7-6-19-9-14(15,16)17/h3-4,8,13,18H,2,5-7,9H2,1H3. The van der Waals surface area contributed by atoms with Crippen molar-refractivity contribution in [3.05, 3.63) is 29.3 Å². The highest BCUT2D eigenvalue weighted by molar-refractivity contribution is 5.40. The van der Waals surface area contributed by atoms with Gasteiger partial charge in [0.1, 0.15) is 19.0 Å². The van der Waals surface area contributed by atoms with Crippen LogP contribution < -0.4 is 10.1 Å². The summed E-state index contributed by atoms with van der Waals surface area (Å²) in [5.74, 6) is 0.677. The third kappa shape index (κ3) is 4.11. The minimum atomic E-state index is -4.28. The van der Waals surface area contributed by atoms with Gasteiger partial charge in [-0.25, -0.2) is 0 Å². The van der Waals surface area contributed by atoms with Crippen LogP contribution in [0.1, 0.15) is 23.6 Å². The lowest BCUT2D eigenvalue weighted by molar-refractivity contribution is -0.175. The smallest absolute Gasteiger partial charge is 0.411 e. The molecular formula is C14H18F3NO2. The molecule has 0 aliphatic heterocycles. The molecule has 0 bridgehead atoms. The second-order valence-electron chi connectivity index (χ2n) is 4.76. The van der Waals surface area contributed by atoms with Gasteiger partial charge in [0, 0.05) is 6.04 Å². The second-order valence-corrected chi connectivity index (χ2v) is 4.76. The zero-order valence-electron chi connectivity index (χ0n) is 11.3. The van der Waals surface area contributed by atoms with Gasteiger partial charge >= 0.3 is 6.18 Å². The molecule has 0 heterocycles. The van der Waals surface area contributed by atoms with E-state index in [0.717, 1.165) is 12.8 Å². The number of hydrogen-bond acceptors (Lipinski definition) is 3. The quantitative estimate of drug-likeness (QED) is 0.817. The normalized spacial score (nSPS) is 18.1. The van der Waals surface area contributed by atoms with Crippen molar-refractivity contribution in [2.24, 2.45) is 0 Å². The first-order valence-corrected chi connectivity index (χ1v) is 6.57. The summed E-state index contributed by atoms with van der Waals surface area (Å²) in [6, 6.07) is 6.19. The van der Waals surface area contributed by atoms with E-state index in [4.69, 9.17) is 4.74 Å². The van der Waals surface area contributed by atoms with Crippen LogP contribution in [0.15, 0.2) is 18.2 Å². The Labute approximate surface area is 116 Å². The molecule has 0 aromatic heterocycles. The second kappa shape index (κ2) is 6.45. The molecule has 1 aromatic rings. The van der Waals surface area contributed by atoms with Crippen molar-refractivity contribution in [2.75, 3.05) is 26.9 Å². The maximum absolute atomic E-state index is 11.9. The Hall–Kier alpha value is -1.27. The van der Waals surface area contributed by atoms with Crippen molar-refractivity contribution in [1.82, 2.24) is 5.32 Å². The Morgan fingerprint density at radius 2 is 2.10 bits per heavy atom. The molecule has 0 amide bonds. The van der Waals surface area contributed by atoms with Gasteiger partial charge in [-0.05, 0) is 43.1 Å². The summed E-state index contributed by atoms with van der Waals surface area (Å²) in [6.07, 6.45) is -2.23. The SMILES string of the molecule is CNC1CCc2cc(OCCOCC(F)(F)F)ccc21. The fourth-order valence-corrected chi connectivity index (χ4v) is 2.39. The largest absolute Gasteiger partial charge is 0.491 e. The van der Waals surface area contributed by atoms with Gasteiger partial charge in [0.05, 0.1) is 6.61 Å². The van der Waals surface area contributed by atoms with Gasteiger partial charge in [-0.3, -0.25) is 0 Å².